The molecule has 3 fully saturated rings. The molecule has 0 aliphatic carbocycles. The average molecular weight is 167 g/mol. The van der Waals surface area contributed by atoms with E-state index < -0.39 is 0 Å². The van der Waals surface area contributed by atoms with Crippen LogP contribution in [0.4, 0.5) is 0 Å². The molecule has 0 aromatic heterocycles. The van der Waals surface area contributed by atoms with Crippen LogP contribution in [-0.4, -0.2) is 24.0 Å². The van der Waals surface area contributed by atoms with Gasteiger partial charge < -0.3 is 4.90 Å². The van der Waals surface area contributed by atoms with Gasteiger partial charge in [0.05, 0.1) is 0 Å². The van der Waals surface area contributed by atoms with Gasteiger partial charge in [-0.3, -0.25) is 0 Å². The van der Waals surface area contributed by atoms with Crippen LogP contribution in [0.2, 0.25) is 0 Å². The molecule has 70 valence electrons. The predicted octanol–water partition coefficient (Wildman–Crippen LogP) is 2.37. The maximum absolute atomic E-state index is 2.69. The van der Waals surface area contributed by atoms with Gasteiger partial charge in [-0.2, -0.15) is 0 Å². The van der Waals surface area contributed by atoms with Crippen LogP contribution < -0.4 is 0 Å². The van der Waals surface area contributed by atoms with Gasteiger partial charge in [0, 0.05) is 12.6 Å². The minimum Gasteiger partial charge on any atom is -0.300 e. The number of hydrogen-bond donors (Lipinski definition) is 0. The predicted molar refractivity (Wildman–Crippen MR) is 52.1 cm³/mol. The minimum atomic E-state index is 0.843. The van der Waals surface area contributed by atoms with Crippen LogP contribution >= 0.6 is 0 Å². The fraction of sp³-hybridized carbons (Fsp3) is 1.00. The van der Waals surface area contributed by atoms with Gasteiger partial charge in [-0.1, -0.05) is 13.8 Å². The molecule has 2 bridgehead atoms. The average Bonchev–Trinajstić information content (AvgIpc) is 2.19. The highest BCUT2D eigenvalue weighted by atomic mass is 15.2. The van der Waals surface area contributed by atoms with Gasteiger partial charge in [-0.15, -0.1) is 0 Å². The molecule has 3 aliphatic rings. The minimum absolute atomic E-state index is 0.843. The molecule has 0 aromatic carbocycles. The van der Waals surface area contributed by atoms with E-state index in [4.69, 9.17) is 0 Å². The van der Waals surface area contributed by atoms with Crippen molar-refractivity contribution in [2.24, 2.45) is 17.8 Å². The molecule has 0 spiro atoms. The summed E-state index contributed by atoms with van der Waals surface area (Å²) in [6.45, 7) is 10.0. The third kappa shape index (κ3) is 1.28. The lowest BCUT2D eigenvalue weighted by molar-refractivity contribution is 0.127. The van der Waals surface area contributed by atoms with Gasteiger partial charge >= 0.3 is 0 Å². The summed E-state index contributed by atoms with van der Waals surface area (Å²) in [6, 6.07) is 0.843. The second-order valence-corrected chi connectivity index (χ2v) is 4.99. The normalized spacial score (nSPS) is 53.8. The fourth-order valence-corrected chi connectivity index (χ4v) is 3.30. The Morgan fingerprint density at radius 1 is 1.08 bits per heavy atom. The molecule has 3 rings (SSSR count). The van der Waals surface area contributed by atoms with E-state index in [0.29, 0.717) is 0 Å². The summed E-state index contributed by atoms with van der Waals surface area (Å²) < 4.78 is 0. The third-order valence-electron chi connectivity index (χ3n) is 4.07. The number of piperidine rings is 1. The van der Waals surface area contributed by atoms with Crippen LogP contribution in [0.3, 0.4) is 0 Å². The van der Waals surface area contributed by atoms with Gasteiger partial charge in [0.1, 0.15) is 0 Å². The van der Waals surface area contributed by atoms with E-state index in [1.165, 1.54) is 25.9 Å². The van der Waals surface area contributed by atoms with Gasteiger partial charge in [-0.05, 0) is 44.1 Å². The molecule has 3 heterocycles. The molecule has 0 saturated carbocycles. The lowest BCUT2D eigenvalue weighted by Crippen LogP contribution is -2.40. The van der Waals surface area contributed by atoms with Crippen molar-refractivity contribution in [1.29, 1.82) is 0 Å². The highest BCUT2D eigenvalue weighted by Crippen LogP contribution is 2.37. The van der Waals surface area contributed by atoms with Crippen molar-refractivity contribution in [3.63, 3.8) is 0 Å². The van der Waals surface area contributed by atoms with Gasteiger partial charge in [0.2, 0.25) is 0 Å². The van der Waals surface area contributed by atoms with Crippen LogP contribution in [0.25, 0.3) is 0 Å². The summed E-state index contributed by atoms with van der Waals surface area (Å²) in [6.07, 6.45) is 2.88. The first-order valence-corrected chi connectivity index (χ1v) is 5.42. The summed E-state index contributed by atoms with van der Waals surface area (Å²) in [5.41, 5.74) is 0. The molecule has 1 heteroatoms. The van der Waals surface area contributed by atoms with Crippen LogP contribution in [-0.2, 0) is 0 Å². The first-order chi connectivity index (χ1) is 5.68. The van der Waals surface area contributed by atoms with E-state index in [1.54, 1.807) is 0 Å². The van der Waals surface area contributed by atoms with Gasteiger partial charge in [-0.25, -0.2) is 0 Å². The van der Waals surface area contributed by atoms with Crippen LogP contribution in [0.1, 0.15) is 33.6 Å². The van der Waals surface area contributed by atoms with E-state index in [0.717, 1.165) is 23.8 Å². The van der Waals surface area contributed by atoms with Crippen molar-refractivity contribution in [3.8, 4) is 0 Å². The smallest absolute Gasteiger partial charge is 0.00696 e. The van der Waals surface area contributed by atoms with Crippen molar-refractivity contribution < 1.29 is 0 Å². The Bertz CT molecular complexity index is 164. The molecule has 5 unspecified atom stereocenters. The Morgan fingerprint density at radius 3 is 2.50 bits per heavy atom. The molecule has 0 N–H and O–H groups in total. The monoisotopic (exact) mass is 167 g/mol. The Morgan fingerprint density at radius 2 is 1.83 bits per heavy atom. The Labute approximate surface area is 76.1 Å². The number of hydrogen-bond acceptors (Lipinski definition) is 1. The zero-order valence-corrected chi connectivity index (χ0v) is 8.59. The lowest BCUT2D eigenvalue weighted by atomic mass is 9.79. The number of rotatable bonds is 0. The molecule has 5 atom stereocenters. The first-order valence-electron chi connectivity index (χ1n) is 5.42. The van der Waals surface area contributed by atoms with E-state index >= 15 is 0 Å². The zero-order chi connectivity index (χ0) is 8.72. The molecule has 0 aromatic rings. The molecule has 1 nitrogen and oxygen atoms in total. The molecule has 12 heavy (non-hydrogen) atoms. The Kier molecular flexibility index (Phi) is 2.16. The van der Waals surface area contributed by atoms with Crippen molar-refractivity contribution >= 4 is 0 Å². The summed E-state index contributed by atoms with van der Waals surface area (Å²) in [5.74, 6) is 2.92. The topological polar surface area (TPSA) is 3.24 Å². The Hall–Kier alpha value is -0.0400. The summed E-state index contributed by atoms with van der Waals surface area (Å²) in [7, 11) is 0. The second-order valence-electron chi connectivity index (χ2n) is 4.99. The van der Waals surface area contributed by atoms with Crippen LogP contribution in [0, 0.1) is 17.8 Å². The summed E-state index contributed by atoms with van der Waals surface area (Å²) in [4.78, 5) is 2.69. The summed E-state index contributed by atoms with van der Waals surface area (Å²) >= 11 is 0. The van der Waals surface area contributed by atoms with Crippen molar-refractivity contribution in [2.75, 3.05) is 13.1 Å². The van der Waals surface area contributed by atoms with E-state index in [2.05, 4.69) is 25.7 Å². The molecule has 0 amide bonds. The third-order valence-corrected chi connectivity index (χ3v) is 4.07. The van der Waals surface area contributed by atoms with Gasteiger partial charge in [0.15, 0.2) is 0 Å². The lowest BCUT2D eigenvalue weighted by Gasteiger charge is -2.35. The van der Waals surface area contributed by atoms with Crippen molar-refractivity contribution in [1.82, 2.24) is 4.90 Å². The maximum atomic E-state index is 2.69. The first kappa shape index (κ1) is 8.55. The number of nitrogens with zero attached hydrogens (tertiary/aromatic N) is 1. The molecule has 3 saturated heterocycles. The summed E-state index contributed by atoms with van der Waals surface area (Å²) in [5, 5.41) is 0. The Balaban J connectivity index is 2.17. The van der Waals surface area contributed by atoms with E-state index in [1.807, 2.05) is 0 Å². The van der Waals surface area contributed by atoms with Gasteiger partial charge in [0.25, 0.3) is 0 Å². The van der Waals surface area contributed by atoms with Crippen molar-refractivity contribution in [3.05, 3.63) is 0 Å². The van der Waals surface area contributed by atoms with Crippen LogP contribution in [0.5, 0.6) is 0 Å². The molecule has 3 aliphatic heterocycles. The van der Waals surface area contributed by atoms with E-state index in [9.17, 15) is 0 Å². The molecule has 0 radical (unpaired) electrons. The maximum Gasteiger partial charge on any atom is 0.00696 e. The molecular weight excluding hydrogens is 146 g/mol. The largest absolute Gasteiger partial charge is 0.300 e. The fourth-order valence-electron chi connectivity index (χ4n) is 3.30. The highest BCUT2D eigenvalue weighted by molar-refractivity contribution is 4.89. The zero-order valence-electron chi connectivity index (χ0n) is 8.59. The van der Waals surface area contributed by atoms with E-state index in [-0.39, 0.29) is 0 Å². The number of fused-ring (bicyclic) bond motifs is 4. The SMILES string of the molecule is CC1CC(C)N2CCC1C(C)C2. The standard InChI is InChI=1S/C11H21N/c1-8-6-10(3)12-5-4-11(8)9(2)7-12/h8-11H,4-7H2,1-3H3. The quantitative estimate of drug-likeness (QED) is 0.535. The molecular formula is C11H21N. The van der Waals surface area contributed by atoms with Crippen molar-refractivity contribution in [2.45, 2.75) is 39.7 Å². The highest BCUT2D eigenvalue weighted by Gasteiger charge is 2.36. The second kappa shape index (κ2) is 3.02. The van der Waals surface area contributed by atoms with Crippen LogP contribution in [0.15, 0.2) is 0 Å².